The molecule has 0 N–H and O–H groups in total. The van der Waals surface area contributed by atoms with Crippen molar-refractivity contribution in [2.45, 2.75) is 6.54 Å². The molecule has 3 rings (SSSR count). The van der Waals surface area contributed by atoms with Crippen molar-refractivity contribution in [1.82, 2.24) is 9.80 Å². The molecule has 1 saturated heterocycles. The van der Waals surface area contributed by atoms with Gasteiger partial charge in [0, 0.05) is 48.4 Å². The molecule has 0 bridgehead atoms. The van der Waals surface area contributed by atoms with Gasteiger partial charge in [0.25, 0.3) is 0 Å². The van der Waals surface area contributed by atoms with Crippen molar-refractivity contribution in [3.05, 3.63) is 69.7 Å². The lowest BCUT2D eigenvalue weighted by Crippen LogP contribution is -2.44. The zero-order valence-electron chi connectivity index (χ0n) is 16.9. The maximum Gasteiger partial charge on any atom is 0.187 e. The fraction of sp³-hybridized carbons (Fsp3) is 0.348. The highest BCUT2D eigenvalue weighted by Gasteiger charge is 2.19. The minimum absolute atomic E-state index is 0.0369. The number of benzene rings is 2. The lowest BCUT2D eigenvalue weighted by molar-refractivity contribution is 0.104. The second-order valence-electron chi connectivity index (χ2n) is 7.59. The van der Waals surface area contributed by atoms with Crippen molar-refractivity contribution in [2.75, 3.05) is 52.2 Å². The van der Waals surface area contributed by atoms with Gasteiger partial charge < -0.3 is 14.7 Å². The van der Waals surface area contributed by atoms with Crippen LogP contribution in [0.2, 0.25) is 0 Å². The Morgan fingerprint density at radius 2 is 1.82 bits per heavy atom. The van der Waals surface area contributed by atoms with Gasteiger partial charge in [-0.05, 0) is 56.5 Å². The highest BCUT2D eigenvalue weighted by Crippen LogP contribution is 2.27. The normalized spacial score (nSPS) is 15.5. The van der Waals surface area contributed by atoms with Crippen LogP contribution in [0.3, 0.4) is 0 Å². The first-order chi connectivity index (χ1) is 13.4. The largest absolute Gasteiger partial charge is 0.368 e. The van der Waals surface area contributed by atoms with Gasteiger partial charge in [-0.25, -0.2) is 0 Å². The zero-order chi connectivity index (χ0) is 20.1. The third-order valence-electron chi connectivity index (χ3n) is 5.02. The number of carbonyl (C=O) groups is 1. The second kappa shape index (κ2) is 9.50. The van der Waals surface area contributed by atoms with Crippen LogP contribution in [0.1, 0.15) is 21.5 Å². The first-order valence-electron chi connectivity index (χ1n) is 9.62. The van der Waals surface area contributed by atoms with Gasteiger partial charge >= 0.3 is 0 Å². The lowest BCUT2D eigenvalue weighted by atomic mass is 10.0. The molecule has 2 aromatic rings. The van der Waals surface area contributed by atoms with Gasteiger partial charge in [-0.2, -0.15) is 0 Å². The number of halogens is 1. The highest BCUT2D eigenvalue weighted by molar-refractivity contribution is 9.10. The molecule has 1 aliphatic rings. The van der Waals surface area contributed by atoms with E-state index in [1.54, 1.807) is 6.08 Å². The molecule has 1 aliphatic heterocycles. The number of hydrogen-bond donors (Lipinski definition) is 0. The van der Waals surface area contributed by atoms with Crippen molar-refractivity contribution in [1.29, 1.82) is 0 Å². The maximum absolute atomic E-state index is 13.1. The molecule has 1 heterocycles. The molecule has 0 saturated carbocycles. The van der Waals surface area contributed by atoms with E-state index < -0.39 is 0 Å². The molecular weight excluding hydrogens is 414 g/mol. The van der Waals surface area contributed by atoms with E-state index in [9.17, 15) is 4.79 Å². The number of allylic oxidation sites excluding steroid dienone is 1. The molecule has 0 radical (unpaired) electrons. The summed E-state index contributed by atoms with van der Waals surface area (Å²) < 4.78 is 0.926. The van der Waals surface area contributed by atoms with Gasteiger partial charge in [0.1, 0.15) is 0 Å². The SMILES string of the molecule is CN(C)Cc1ccccc1/C=C/C(=O)c1cc(Br)ccc1N1CCN(C)CC1. The van der Waals surface area contributed by atoms with E-state index >= 15 is 0 Å². The predicted octanol–water partition coefficient (Wildman–Crippen LogP) is 4.16. The van der Waals surface area contributed by atoms with E-state index in [0.29, 0.717) is 0 Å². The number of rotatable bonds is 6. The van der Waals surface area contributed by atoms with Gasteiger partial charge in [-0.1, -0.05) is 46.3 Å². The minimum Gasteiger partial charge on any atom is -0.368 e. The number of ketones is 1. The van der Waals surface area contributed by atoms with Gasteiger partial charge in [0.05, 0.1) is 0 Å². The van der Waals surface area contributed by atoms with Crippen LogP contribution in [-0.2, 0) is 6.54 Å². The Labute approximate surface area is 176 Å². The molecule has 28 heavy (non-hydrogen) atoms. The molecular formula is C23H28BrN3O. The molecule has 148 valence electrons. The van der Waals surface area contributed by atoms with E-state index in [4.69, 9.17) is 0 Å². The smallest absolute Gasteiger partial charge is 0.187 e. The summed E-state index contributed by atoms with van der Waals surface area (Å²) >= 11 is 3.52. The lowest BCUT2D eigenvalue weighted by Gasteiger charge is -2.35. The molecule has 2 aromatic carbocycles. The van der Waals surface area contributed by atoms with Crippen LogP contribution in [0.15, 0.2) is 53.0 Å². The third-order valence-corrected chi connectivity index (χ3v) is 5.52. The van der Waals surface area contributed by atoms with Crippen molar-refractivity contribution < 1.29 is 4.79 Å². The standard InChI is InChI=1S/C23H28BrN3O/c1-25(2)17-19-7-5-4-6-18(19)8-11-23(28)21-16-20(24)9-10-22(21)27-14-12-26(3)13-15-27/h4-11,16H,12-15,17H2,1-3H3/b11-8+. The van der Waals surface area contributed by atoms with Crippen LogP contribution in [0.4, 0.5) is 5.69 Å². The van der Waals surface area contributed by atoms with Gasteiger partial charge in [-0.15, -0.1) is 0 Å². The summed E-state index contributed by atoms with van der Waals surface area (Å²) in [6, 6.07) is 14.2. The van der Waals surface area contributed by atoms with Crippen LogP contribution in [0.5, 0.6) is 0 Å². The first kappa shape index (κ1) is 20.8. The van der Waals surface area contributed by atoms with Crippen molar-refractivity contribution in [3.8, 4) is 0 Å². The molecule has 0 spiro atoms. The van der Waals surface area contributed by atoms with E-state index in [0.717, 1.165) is 54.0 Å². The Bertz CT molecular complexity index is 855. The molecule has 5 heteroatoms. The summed E-state index contributed by atoms with van der Waals surface area (Å²) in [4.78, 5) is 19.8. The van der Waals surface area contributed by atoms with E-state index in [2.05, 4.69) is 70.0 Å². The first-order valence-corrected chi connectivity index (χ1v) is 10.4. The third kappa shape index (κ3) is 5.31. The minimum atomic E-state index is 0.0369. The van der Waals surface area contributed by atoms with Crippen LogP contribution >= 0.6 is 15.9 Å². The Hall–Kier alpha value is -1.95. The summed E-state index contributed by atoms with van der Waals surface area (Å²) in [6.07, 6.45) is 3.64. The van der Waals surface area contributed by atoms with Crippen molar-refractivity contribution in [3.63, 3.8) is 0 Å². The quantitative estimate of drug-likeness (QED) is 0.496. The molecule has 1 fully saturated rings. The van der Waals surface area contributed by atoms with Crippen molar-refractivity contribution in [2.24, 2.45) is 0 Å². The Morgan fingerprint density at radius 3 is 2.54 bits per heavy atom. The van der Waals surface area contributed by atoms with Crippen molar-refractivity contribution >= 4 is 33.5 Å². The predicted molar refractivity (Wildman–Crippen MR) is 121 cm³/mol. The number of likely N-dealkylation sites (N-methyl/N-ethyl adjacent to an activating group) is 1. The fourth-order valence-electron chi connectivity index (χ4n) is 3.47. The summed E-state index contributed by atoms with van der Waals surface area (Å²) in [5, 5.41) is 0. The summed E-state index contributed by atoms with van der Waals surface area (Å²) in [6.45, 7) is 4.74. The molecule has 4 nitrogen and oxygen atoms in total. The summed E-state index contributed by atoms with van der Waals surface area (Å²) in [5.74, 6) is 0.0369. The van der Waals surface area contributed by atoms with E-state index in [1.807, 2.05) is 30.3 Å². The number of nitrogens with zero attached hydrogens (tertiary/aromatic N) is 3. The van der Waals surface area contributed by atoms with E-state index in [-0.39, 0.29) is 5.78 Å². The van der Waals surface area contributed by atoms with Crippen LogP contribution in [0.25, 0.3) is 6.08 Å². The zero-order valence-corrected chi connectivity index (χ0v) is 18.4. The summed E-state index contributed by atoms with van der Waals surface area (Å²) in [5.41, 5.74) is 4.07. The number of carbonyl (C=O) groups excluding carboxylic acids is 1. The highest BCUT2D eigenvalue weighted by atomic mass is 79.9. The molecule has 0 amide bonds. The Kier molecular flexibility index (Phi) is 7.05. The molecule has 0 aliphatic carbocycles. The number of piperazine rings is 1. The Balaban J connectivity index is 1.85. The molecule has 0 unspecified atom stereocenters. The molecule has 0 aromatic heterocycles. The van der Waals surface area contributed by atoms with E-state index in [1.165, 1.54) is 5.56 Å². The average Bonchev–Trinajstić information content (AvgIpc) is 2.67. The molecule has 0 atom stereocenters. The maximum atomic E-state index is 13.1. The fourth-order valence-corrected chi connectivity index (χ4v) is 3.83. The number of hydrogen-bond acceptors (Lipinski definition) is 4. The van der Waals surface area contributed by atoms with Crippen LogP contribution in [0, 0.1) is 0 Å². The van der Waals surface area contributed by atoms with Gasteiger partial charge in [-0.3, -0.25) is 4.79 Å². The topological polar surface area (TPSA) is 26.8 Å². The monoisotopic (exact) mass is 441 g/mol. The van der Waals surface area contributed by atoms with Crippen LogP contribution < -0.4 is 4.90 Å². The second-order valence-corrected chi connectivity index (χ2v) is 8.50. The van der Waals surface area contributed by atoms with Gasteiger partial charge in [0.2, 0.25) is 0 Å². The summed E-state index contributed by atoms with van der Waals surface area (Å²) in [7, 11) is 6.24. The van der Waals surface area contributed by atoms with Crippen LogP contribution in [-0.4, -0.2) is 62.9 Å². The average molecular weight is 442 g/mol. The van der Waals surface area contributed by atoms with Gasteiger partial charge in [0.15, 0.2) is 5.78 Å². The number of anilines is 1. The Morgan fingerprint density at radius 1 is 1.11 bits per heavy atom.